The summed E-state index contributed by atoms with van der Waals surface area (Å²) in [5, 5.41) is 5.23. The maximum absolute atomic E-state index is 11.6. The van der Waals surface area contributed by atoms with Crippen molar-refractivity contribution in [2.24, 2.45) is 5.14 Å². The minimum atomic E-state index is -3.77. The van der Waals surface area contributed by atoms with Crippen molar-refractivity contribution >= 4 is 21.3 Å². The van der Waals surface area contributed by atoms with Crippen LogP contribution < -0.4 is 5.14 Å². The molecule has 0 radical (unpaired) electrons. The van der Waals surface area contributed by atoms with Crippen molar-refractivity contribution in [1.82, 2.24) is 19.5 Å². The standard InChI is InChI=1S/C24H19N5O2S/c25-32(30,31)21-12-8-19(9-13-21)23-28-22-24(27-15-14-26-22)29(23)20-10-6-18(7-11-20)16-17-4-2-1-3-5-17/h1-15H,16H2,(H2,25,30,31). The zero-order valence-corrected chi connectivity index (χ0v) is 17.8. The minimum Gasteiger partial charge on any atom is -0.275 e. The van der Waals surface area contributed by atoms with Crippen LogP contribution in [-0.2, 0) is 16.4 Å². The number of sulfonamides is 1. The minimum absolute atomic E-state index is 0.0467. The monoisotopic (exact) mass is 441 g/mol. The Kier molecular flexibility index (Phi) is 5.01. The van der Waals surface area contributed by atoms with Crippen LogP contribution in [0.2, 0.25) is 0 Å². The van der Waals surface area contributed by atoms with Crippen LogP contribution in [0.5, 0.6) is 0 Å². The van der Waals surface area contributed by atoms with E-state index in [-0.39, 0.29) is 4.90 Å². The number of hydrogen-bond acceptors (Lipinski definition) is 5. The SMILES string of the molecule is NS(=O)(=O)c1ccc(-c2nc3nccnc3n2-c2ccc(Cc3ccccc3)cc2)cc1. The Hall–Kier alpha value is -3.88. The van der Waals surface area contributed by atoms with Gasteiger partial charge in [-0.1, -0.05) is 42.5 Å². The first-order valence-corrected chi connectivity index (χ1v) is 11.5. The maximum Gasteiger partial charge on any atom is 0.238 e. The molecule has 0 saturated carbocycles. The van der Waals surface area contributed by atoms with Gasteiger partial charge in [0.2, 0.25) is 10.0 Å². The fourth-order valence-electron chi connectivity index (χ4n) is 3.64. The maximum atomic E-state index is 11.6. The van der Waals surface area contributed by atoms with Gasteiger partial charge in [-0.3, -0.25) is 4.57 Å². The fourth-order valence-corrected chi connectivity index (χ4v) is 4.15. The first-order valence-electron chi connectivity index (χ1n) is 9.95. The summed E-state index contributed by atoms with van der Waals surface area (Å²) in [6, 6.07) is 24.8. The highest BCUT2D eigenvalue weighted by Crippen LogP contribution is 2.28. The molecule has 0 aliphatic heterocycles. The van der Waals surface area contributed by atoms with Crippen molar-refractivity contribution in [3.63, 3.8) is 0 Å². The van der Waals surface area contributed by atoms with Crippen LogP contribution in [0.15, 0.2) is 96.2 Å². The number of hydrogen-bond donors (Lipinski definition) is 1. The summed E-state index contributed by atoms with van der Waals surface area (Å²) in [5.74, 6) is 0.614. The molecule has 7 nitrogen and oxygen atoms in total. The van der Waals surface area contributed by atoms with Crippen molar-refractivity contribution in [2.75, 3.05) is 0 Å². The smallest absolute Gasteiger partial charge is 0.238 e. The van der Waals surface area contributed by atoms with Crippen LogP contribution in [0.1, 0.15) is 11.1 Å². The molecule has 158 valence electrons. The molecule has 5 aromatic rings. The second-order valence-electron chi connectivity index (χ2n) is 7.37. The van der Waals surface area contributed by atoms with Crippen LogP contribution in [0.3, 0.4) is 0 Å². The van der Waals surface area contributed by atoms with Crippen molar-refractivity contribution in [3.8, 4) is 17.1 Å². The van der Waals surface area contributed by atoms with E-state index in [1.165, 1.54) is 23.3 Å². The van der Waals surface area contributed by atoms with Gasteiger partial charge < -0.3 is 0 Å². The lowest BCUT2D eigenvalue weighted by atomic mass is 10.0. The third-order valence-corrected chi connectivity index (χ3v) is 6.11. The Balaban J connectivity index is 1.58. The van der Waals surface area contributed by atoms with Gasteiger partial charge in [0.25, 0.3) is 0 Å². The summed E-state index contributed by atoms with van der Waals surface area (Å²) in [6.45, 7) is 0. The molecule has 2 aromatic heterocycles. The zero-order chi connectivity index (χ0) is 22.1. The van der Waals surface area contributed by atoms with Gasteiger partial charge in [-0.15, -0.1) is 0 Å². The Morgan fingerprint density at radius 2 is 1.44 bits per heavy atom. The molecule has 0 atom stereocenters. The van der Waals surface area contributed by atoms with Crippen LogP contribution in [-0.4, -0.2) is 27.9 Å². The Morgan fingerprint density at radius 1 is 0.781 bits per heavy atom. The lowest BCUT2D eigenvalue weighted by Crippen LogP contribution is -2.11. The van der Waals surface area contributed by atoms with E-state index in [1.807, 2.05) is 34.9 Å². The van der Waals surface area contributed by atoms with E-state index >= 15 is 0 Å². The first kappa shape index (κ1) is 20.0. The lowest BCUT2D eigenvalue weighted by Gasteiger charge is -2.10. The van der Waals surface area contributed by atoms with E-state index in [4.69, 9.17) is 5.14 Å². The summed E-state index contributed by atoms with van der Waals surface area (Å²) in [5.41, 5.74) is 5.17. The van der Waals surface area contributed by atoms with E-state index in [9.17, 15) is 8.42 Å². The highest BCUT2D eigenvalue weighted by Gasteiger charge is 2.17. The summed E-state index contributed by atoms with van der Waals surface area (Å²) < 4.78 is 25.1. The topological polar surface area (TPSA) is 104 Å². The molecule has 0 aliphatic carbocycles. The van der Waals surface area contributed by atoms with Crippen LogP contribution in [0.4, 0.5) is 0 Å². The molecule has 0 bridgehead atoms. The van der Waals surface area contributed by atoms with Crippen LogP contribution >= 0.6 is 0 Å². The van der Waals surface area contributed by atoms with Gasteiger partial charge in [0, 0.05) is 23.6 Å². The molecule has 0 amide bonds. The highest BCUT2D eigenvalue weighted by atomic mass is 32.2. The van der Waals surface area contributed by atoms with Gasteiger partial charge >= 0.3 is 0 Å². The third-order valence-electron chi connectivity index (χ3n) is 5.18. The third kappa shape index (κ3) is 3.89. The fraction of sp³-hybridized carbons (Fsp3) is 0.0417. The van der Waals surface area contributed by atoms with Crippen molar-refractivity contribution < 1.29 is 8.42 Å². The largest absolute Gasteiger partial charge is 0.275 e. The Morgan fingerprint density at radius 3 is 2.12 bits per heavy atom. The molecular weight excluding hydrogens is 422 g/mol. The van der Waals surface area contributed by atoms with Crippen molar-refractivity contribution in [2.45, 2.75) is 11.3 Å². The molecule has 0 spiro atoms. The normalized spacial score (nSPS) is 11.7. The number of fused-ring (bicyclic) bond motifs is 1. The highest BCUT2D eigenvalue weighted by molar-refractivity contribution is 7.89. The molecule has 0 fully saturated rings. The number of nitrogens with two attached hydrogens (primary N) is 1. The average molecular weight is 442 g/mol. The molecule has 2 heterocycles. The predicted molar refractivity (Wildman–Crippen MR) is 123 cm³/mol. The van der Waals surface area contributed by atoms with Crippen molar-refractivity contribution in [3.05, 3.63) is 102 Å². The molecule has 3 aromatic carbocycles. The molecule has 2 N–H and O–H groups in total. The molecule has 0 aliphatic rings. The summed E-state index contributed by atoms with van der Waals surface area (Å²) in [4.78, 5) is 13.5. The molecule has 5 rings (SSSR count). The number of imidazole rings is 1. The van der Waals surface area contributed by atoms with Gasteiger partial charge in [0.1, 0.15) is 5.82 Å². The van der Waals surface area contributed by atoms with Gasteiger partial charge in [-0.25, -0.2) is 28.5 Å². The Bertz CT molecular complexity index is 1490. The summed E-state index contributed by atoms with van der Waals surface area (Å²) in [7, 11) is -3.77. The van der Waals surface area contributed by atoms with E-state index < -0.39 is 10.0 Å². The summed E-state index contributed by atoms with van der Waals surface area (Å²) in [6.07, 6.45) is 4.06. The van der Waals surface area contributed by atoms with E-state index in [0.717, 1.165) is 17.7 Å². The molecule has 0 unspecified atom stereocenters. The predicted octanol–water partition coefficient (Wildman–Crippen LogP) is 3.72. The van der Waals surface area contributed by atoms with Gasteiger partial charge in [-0.2, -0.15) is 0 Å². The van der Waals surface area contributed by atoms with Gasteiger partial charge in [-0.05, 0) is 53.9 Å². The van der Waals surface area contributed by atoms with E-state index in [2.05, 4.69) is 39.2 Å². The molecular formula is C24H19N5O2S. The average Bonchev–Trinajstić information content (AvgIpc) is 3.19. The number of aromatic nitrogens is 4. The van der Waals surface area contributed by atoms with E-state index in [1.54, 1.807) is 24.5 Å². The first-order chi connectivity index (χ1) is 15.5. The number of rotatable bonds is 5. The Labute approximate surface area is 185 Å². The van der Waals surface area contributed by atoms with Gasteiger partial charge in [0.15, 0.2) is 11.3 Å². The molecule has 32 heavy (non-hydrogen) atoms. The zero-order valence-electron chi connectivity index (χ0n) is 17.0. The van der Waals surface area contributed by atoms with Crippen LogP contribution in [0.25, 0.3) is 28.4 Å². The van der Waals surface area contributed by atoms with Crippen molar-refractivity contribution in [1.29, 1.82) is 0 Å². The number of benzene rings is 3. The molecule has 0 saturated heterocycles. The van der Waals surface area contributed by atoms with Gasteiger partial charge in [0.05, 0.1) is 4.90 Å². The number of nitrogens with zero attached hydrogens (tertiary/aromatic N) is 4. The summed E-state index contributed by atoms with van der Waals surface area (Å²) >= 11 is 0. The van der Waals surface area contributed by atoms with E-state index in [0.29, 0.717) is 17.1 Å². The second-order valence-corrected chi connectivity index (χ2v) is 8.93. The quantitative estimate of drug-likeness (QED) is 0.448. The second kappa shape index (κ2) is 7.99. The lowest BCUT2D eigenvalue weighted by molar-refractivity contribution is 0.598. The number of primary sulfonamides is 1. The van der Waals surface area contributed by atoms with Crippen LogP contribution in [0, 0.1) is 0 Å². The molecule has 8 heteroatoms.